The highest BCUT2D eigenvalue weighted by atomic mass is 19.4. The fourth-order valence-electron chi connectivity index (χ4n) is 3.72. The number of fused-ring (bicyclic) bond motifs is 1. The number of alkyl halides is 3. The van der Waals surface area contributed by atoms with E-state index in [1.807, 2.05) is 22.8 Å². The zero-order valence-electron chi connectivity index (χ0n) is 16.3. The minimum Gasteiger partial charge on any atom is -0.492 e. The van der Waals surface area contributed by atoms with Gasteiger partial charge in [0, 0.05) is 11.7 Å². The second-order valence-electron chi connectivity index (χ2n) is 7.33. The predicted octanol–water partition coefficient (Wildman–Crippen LogP) is 4.95. The van der Waals surface area contributed by atoms with Crippen LogP contribution in [0.5, 0.6) is 11.5 Å². The molecule has 4 rings (SSSR count). The normalized spacial score (nSPS) is 14.9. The van der Waals surface area contributed by atoms with Crippen LogP contribution in [0, 0.1) is 0 Å². The molecule has 1 aromatic heterocycles. The van der Waals surface area contributed by atoms with Gasteiger partial charge in [0.15, 0.2) is 0 Å². The van der Waals surface area contributed by atoms with Crippen LogP contribution in [0.4, 0.5) is 24.8 Å². The minimum absolute atomic E-state index is 0.283. The lowest BCUT2D eigenvalue weighted by Gasteiger charge is -2.16. The Morgan fingerprint density at radius 2 is 1.77 bits per heavy atom. The number of imidazole rings is 1. The summed E-state index contributed by atoms with van der Waals surface area (Å²) >= 11 is 0. The molecule has 0 bridgehead atoms. The molecular formula is C21H23F3N4O2. The summed E-state index contributed by atoms with van der Waals surface area (Å²) in [6, 6.07) is 11.3. The van der Waals surface area contributed by atoms with E-state index in [1.54, 1.807) is 0 Å². The lowest BCUT2D eigenvalue weighted by atomic mass is 10.2. The van der Waals surface area contributed by atoms with Crippen molar-refractivity contribution in [1.29, 1.82) is 0 Å². The van der Waals surface area contributed by atoms with Gasteiger partial charge in [0.1, 0.15) is 18.1 Å². The van der Waals surface area contributed by atoms with E-state index in [4.69, 9.17) is 15.5 Å². The summed E-state index contributed by atoms with van der Waals surface area (Å²) in [6.45, 7) is 0.828. The van der Waals surface area contributed by atoms with Crippen molar-refractivity contribution in [2.24, 2.45) is 0 Å². The van der Waals surface area contributed by atoms with Crippen LogP contribution in [0.1, 0.15) is 25.7 Å². The first-order valence-electron chi connectivity index (χ1n) is 9.88. The number of aromatic nitrogens is 2. The number of nitrogens with zero attached hydrogens (tertiary/aromatic N) is 2. The van der Waals surface area contributed by atoms with Crippen LogP contribution >= 0.6 is 0 Å². The van der Waals surface area contributed by atoms with Crippen molar-refractivity contribution in [2.75, 3.05) is 17.7 Å². The highest BCUT2D eigenvalue weighted by Crippen LogP contribution is 2.27. The van der Waals surface area contributed by atoms with Gasteiger partial charge in [0.05, 0.1) is 17.6 Å². The summed E-state index contributed by atoms with van der Waals surface area (Å²) in [6.07, 6.45) is -0.0538. The van der Waals surface area contributed by atoms with E-state index in [-0.39, 0.29) is 5.75 Å². The fraction of sp³-hybridized carbons (Fsp3) is 0.381. The highest BCUT2D eigenvalue weighted by Gasteiger charge is 2.31. The van der Waals surface area contributed by atoms with E-state index in [9.17, 15) is 13.2 Å². The van der Waals surface area contributed by atoms with Gasteiger partial charge in [0.25, 0.3) is 0 Å². The van der Waals surface area contributed by atoms with Crippen molar-refractivity contribution < 1.29 is 22.6 Å². The molecule has 9 heteroatoms. The molecule has 1 heterocycles. The quantitative estimate of drug-likeness (QED) is 0.529. The molecule has 30 heavy (non-hydrogen) atoms. The Morgan fingerprint density at radius 3 is 2.47 bits per heavy atom. The van der Waals surface area contributed by atoms with E-state index in [1.165, 1.54) is 37.1 Å². The van der Waals surface area contributed by atoms with E-state index in [2.05, 4.69) is 10.1 Å². The van der Waals surface area contributed by atoms with Crippen LogP contribution in [0.25, 0.3) is 11.0 Å². The third-order valence-corrected chi connectivity index (χ3v) is 5.10. The number of nitrogen functional groups attached to an aromatic ring is 1. The number of halogens is 3. The smallest absolute Gasteiger partial charge is 0.492 e. The fourth-order valence-corrected chi connectivity index (χ4v) is 3.72. The van der Waals surface area contributed by atoms with Gasteiger partial charge in [-0.1, -0.05) is 12.8 Å². The molecule has 0 saturated heterocycles. The molecular weight excluding hydrogens is 397 g/mol. The Kier molecular flexibility index (Phi) is 5.61. The Hall–Kier alpha value is -3.10. The molecule has 1 aliphatic carbocycles. The monoisotopic (exact) mass is 420 g/mol. The van der Waals surface area contributed by atoms with Crippen LogP contribution in [0.3, 0.4) is 0 Å². The average Bonchev–Trinajstić information content (AvgIpc) is 3.30. The Morgan fingerprint density at radius 1 is 1.07 bits per heavy atom. The molecule has 0 spiro atoms. The average molecular weight is 420 g/mol. The standard InChI is InChI=1S/C21H23F3N4O2/c22-21(23,24)30-17-8-6-16(7-9-17)29-12-11-28-19-13-14(25)5-10-18(19)27-20(28)26-15-3-1-2-4-15/h5-10,13,15H,1-4,11-12,25H2,(H,26,27). The van der Waals surface area contributed by atoms with Gasteiger partial charge in [-0.3, -0.25) is 0 Å². The molecule has 1 saturated carbocycles. The summed E-state index contributed by atoms with van der Waals surface area (Å²) in [4.78, 5) is 4.71. The zero-order valence-corrected chi connectivity index (χ0v) is 16.3. The molecule has 1 fully saturated rings. The molecule has 0 radical (unpaired) electrons. The van der Waals surface area contributed by atoms with Gasteiger partial charge < -0.3 is 25.1 Å². The number of hydrogen-bond acceptors (Lipinski definition) is 5. The van der Waals surface area contributed by atoms with Crippen molar-refractivity contribution >= 4 is 22.7 Å². The lowest BCUT2D eigenvalue weighted by Crippen LogP contribution is -2.19. The molecule has 160 valence electrons. The molecule has 0 atom stereocenters. The zero-order chi connectivity index (χ0) is 21.1. The van der Waals surface area contributed by atoms with Crippen molar-refractivity contribution in [3.63, 3.8) is 0 Å². The van der Waals surface area contributed by atoms with Crippen molar-refractivity contribution in [1.82, 2.24) is 9.55 Å². The van der Waals surface area contributed by atoms with Gasteiger partial charge >= 0.3 is 6.36 Å². The molecule has 3 N–H and O–H groups in total. The number of anilines is 2. The first-order chi connectivity index (χ1) is 14.4. The predicted molar refractivity (Wildman–Crippen MR) is 109 cm³/mol. The number of rotatable bonds is 7. The van der Waals surface area contributed by atoms with Gasteiger partial charge in [0.2, 0.25) is 5.95 Å². The largest absolute Gasteiger partial charge is 0.573 e. The topological polar surface area (TPSA) is 74.3 Å². The van der Waals surface area contributed by atoms with E-state index < -0.39 is 6.36 Å². The van der Waals surface area contributed by atoms with Crippen LogP contribution in [-0.2, 0) is 6.54 Å². The van der Waals surface area contributed by atoms with Crippen molar-refractivity contribution in [3.8, 4) is 11.5 Å². The first-order valence-corrected chi connectivity index (χ1v) is 9.88. The molecule has 0 aliphatic heterocycles. The maximum absolute atomic E-state index is 12.3. The molecule has 1 aliphatic rings. The van der Waals surface area contributed by atoms with Crippen molar-refractivity contribution in [3.05, 3.63) is 42.5 Å². The molecule has 2 aromatic carbocycles. The number of benzene rings is 2. The number of hydrogen-bond donors (Lipinski definition) is 2. The van der Waals surface area contributed by atoms with Gasteiger partial charge in [-0.25, -0.2) is 4.98 Å². The van der Waals surface area contributed by atoms with Crippen LogP contribution in [-0.4, -0.2) is 28.6 Å². The van der Waals surface area contributed by atoms with Crippen molar-refractivity contribution in [2.45, 2.75) is 44.6 Å². The summed E-state index contributed by atoms with van der Waals surface area (Å²) in [5, 5.41) is 3.53. The Bertz CT molecular complexity index is 996. The highest BCUT2D eigenvalue weighted by molar-refractivity contribution is 5.82. The third-order valence-electron chi connectivity index (χ3n) is 5.10. The maximum atomic E-state index is 12.3. The van der Waals surface area contributed by atoms with Gasteiger partial charge in [-0.2, -0.15) is 0 Å². The van der Waals surface area contributed by atoms with Crippen LogP contribution < -0.4 is 20.5 Å². The number of ether oxygens (including phenoxy) is 2. The van der Waals surface area contributed by atoms with Crippen LogP contribution in [0.15, 0.2) is 42.5 Å². The second kappa shape index (κ2) is 8.33. The van der Waals surface area contributed by atoms with E-state index in [0.29, 0.717) is 30.6 Å². The van der Waals surface area contributed by atoms with E-state index >= 15 is 0 Å². The number of nitrogens with one attached hydrogen (secondary N) is 1. The van der Waals surface area contributed by atoms with Crippen LogP contribution in [0.2, 0.25) is 0 Å². The summed E-state index contributed by atoms with van der Waals surface area (Å²) < 4.78 is 48.4. The molecule has 6 nitrogen and oxygen atoms in total. The molecule has 0 amide bonds. The summed E-state index contributed by atoms with van der Waals surface area (Å²) in [5.41, 5.74) is 8.36. The summed E-state index contributed by atoms with van der Waals surface area (Å²) in [7, 11) is 0. The maximum Gasteiger partial charge on any atom is 0.573 e. The molecule has 3 aromatic rings. The minimum atomic E-state index is -4.71. The Labute approximate surface area is 171 Å². The van der Waals surface area contributed by atoms with Gasteiger partial charge in [-0.15, -0.1) is 13.2 Å². The first kappa shape index (κ1) is 20.2. The lowest BCUT2D eigenvalue weighted by molar-refractivity contribution is -0.274. The number of nitrogens with two attached hydrogens (primary N) is 1. The second-order valence-corrected chi connectivity index (χ2v) is 7.33. The Balaban J connectivity index is 1.45. The van der Waals surface area contributed by atoms with Gasteiger partial charge in [-0.05, 0) is 55.3 Å². The third kappa shape index (κ3) is 4.90. The van der Waals surface area contributed by atoms with E-state index in [0.717, 1.165) is 29.8 Å². The SMILES string of the molecule is Nc1ccc2nc(NC3CCCC3)n(CCOc3ccc(OC(F)(F)F)cc3)c2c1. The summed E-state index contributed by atoms with van der Waals surface area (Å²) in [5.74, 6) is 0.952. The molecule has 0 unspecified atom stereocenters.